The van der Waals surface area contributed by atoms with Crippen molar-refractivity contribution in [2.45, 2.75) is 13.3 Å². The first-order chi connectivity index (χ1) is 13.9. The number of ether oxygens (including phenoxy) is 1. The second-order valence-electron chi connectivity index (χ2n) is 6.65. The summed E-state index contributed by atoms with van der Waals surface area (Å²) >= 11 is 0. The summed E-state index contributed by atoms with van der Waals surface area (Å²) in [4.78, 5) is 33.3. The van der Waals surface area contributed by atoms with E-state index in [1.54, 1.807) is 33.2 Å². The number of rotatable bonds is 4. The van der Waals surface area contributed by atoms with Gasteiger partial charge in [0.2, 0.25) is 5.91 Å². The van der Waals surface area contributed by atoms with E-state index in [1.165, 1.54) is 15.9 Å². The largest absolute Gasteiger partial charge is 0.497 e. The molecule has 0 aliphatic carbocycles. The lowest BCUT2D eigenvalue weighted by Gasteiger charge is -2.17. The number of methoxy groups -OCH3 is 1. The van der Waals surface area contributed by atoms with E-state index < -0.39 is 5.92 Å². The molecule has 4 rings (SSSR count). The molecule has 1 atom stereocenters. The molecule has 1 aromatic carbocycles. The minimum atomic E-state index is -0.577. The van der Waals surface area contributed by atoms with Crippen molar-refractivity contribution >= 4 is 35.6 Å². The summed E-state index contributed by atoms with van der Waals surface area (Å²) in [6.45, 7) is 1.78. The third-order valence-corrected chi connectivity index (χ3v) is 4.48. The smallest absolute Gasteiger partial charge is 0.265 e. The maximum atomic E-state index is 12.6. The summed E-state index contributed by atoms with van der Waals surface area (Å²) in [6, 6.07) is 8.97. The van der Waals surface area contributed by atoms with Crippen molar-refractivity contribution in [3.8, 4) is 5.75 Å². The molecule has 2 aliphatic heterocycles. The Bertz CT molecular complexity index is 1080. The second-order valence-corrected chi connectivity index (χ2v) is 6.65. The van der Waals surface area contributed by atoms with Gasteiger partial charge in [-0.1, -0.05) is 12.1 Å². The molecule has 29 heavy (non-hydrogen) atoms. The standard InChI is InChI=1S/C19H19N7O3/c1-11-7-15(21-16(27)9-12-5-4-6-13(8-12)29-3)26(24-11)19-22-17-14(18(28)23-19)10-20-25(17)2/h4-8,10,14H,9H2,1-3H3,(H,21,27). The molecule has 148 valence electrons. The average molecular weight is 393 g/mol. The van der Waals surface area contributed by atoms with Gasteiger partial charge in [0, 0.05) is 19.3 Å². The van der Waals surface area contributed by atoms with E-state index in [0.29, 0.717) is 23.1 Å². The molecule has 3 heterocycles. The zero-order valence-electron chi connectivity index (χ0n) is 16.2. The van der Waals surface area contributed by atoms with Gasteiger partial charge in [0.25, 0.3) is 11.9 Å². The lowest BCUT2D eigenvalue weighted by atomic mass is 10.1. The Morgan fingerprint density at radius 3 is 2.90 bits per heavy atom. The topological polar surface area (TPSA) is 114 Å². The van der Waals surface area contributed by atoms with Crippen LogP contribution in [0, 0.1) is 12.8 Å². The first-order valence-electron chi connectivity index (χ1n) is 8.93. The molecule has 2 aliphatic rings. The number of aliphatic imine (C=N–C) groups is 2. The van der Waals surface area contributed by atoms with Crippen molar-refractivity contribution in [1.29, 1.82) is 0 Å². The van der Waals surface area contributed by atoms with Crippen LogP contribution in [0.2, 0.25) is 0 Å². The van der Waals surface area contributed by atoms with Crippen molar-refractivity contribution < 1.29 is 14.3 Å². The van der Waals surface area contributed by atoms with E-state index >= 15 is 0 Å². The Morgan fingerprint density at radius 1 is 1.28 bits per heavy atom. The lowest BCUT2D eigenvalue weighted by molar-refractivity contribution is -0.118. The maximum Gasteiger partial charge on any atom is 0.265 e. The fourth-order valence-corrected chi connectivity index (χ4v) is 3.10. The van der Waals surface area contributed by atoms with Crippen LogP contribution in [0.1, 0.15) is 11.3 Å². The summed E-state index contributed by atoms with van der Waals surface area (Å²) in [6.07, 6.45) is 1.66. The van der Waals surface area contributed by atoms with Gasteiger partial charge in [-0.3, -0.25) is 14.6 Å². The number of hydrogen-bond acceptors (Lipinski definition) is 7. The zero-order valence-corrected chi connectivity index (χ0v) is 16.2. The number of aryl methyl sites for hydroxylation is 1. The van der Waals surface area contributed by atoms with Gasteiger partial charge in [0.05, 0.1) is 19.2 Å². The van der Waals surface area contributed by atoms with E-state index in [0.717, 1.165) is 5.56 Å². The molecule has 1 aromatic heterocycles. The highest BCUT2D eigenvalue weighted by Gasteiger charge is 2.35. The molecule has 10 nitrogen and oxygen atoms in total. The molecule has 1 N–H and O–H groups in total. The minimum Gasteiger partial charge on any atom is -0.497 e. The first-order valence-corrected chi connectivity index (χ1v) is 8.93. The van der Waals surface area contributed by atoms with Gasteiger partial charge < -0.3 is 10.1 Å². The highest BCUT2D eigenvalue weighted by Crippen LogP contribution is 2.20. The Morgan fingerprint density at radius 2 is 2.10 bits per heavy atom. The molecular formula is C19H19N7O3. The first kappa shape index (κ1) is 18.5. The van der Waals surface area contributed by atoms with Gasteiger partial charge in [-0.15, -0.1) is 0 Å². The number of carbonyl (C=O) groups excluding carboxylic acids is 2. The van der Waals surface area contributed by atoms with Crippen LogP contribution in [0.25, 0.3) is 0 Å². The number of nitrogens with one attached hydrogen (secondary N) is 1. The quantitative estimate of drug-likeness (QED) is 0.835. The van der Waals surface area contributed by atoms with Crippen LogP contribution in [0.3, 0.4) is 0 Å². The van der Waals surface area contributed by atoms with Gasteiger partial charge in [-0.2, -0.15) is 24.9 Å². The predicted octanol–water partition coefficient (Wildman–Crippen LogP) is 1.07. The molecule has 0 saturated heterocycles. The summed E-state index contributed by atoms with van der Waals surface area (Å²) in [5.74, 6) is 0.427. The third kappa shape index (κ3) is 3.64. The number of hydrogen-bond donors (Lipinski definition) is 1. The SMILES string of the molecule is COc1cccc(CC(=O)Nc2cc(C)nn2C2=NC(=O)C3C=NN(C)C3=N2)c1. The number of amidine groups is 1. The van der Waals surface area contributed by atoms with E-state index in [-0.39, 0.29) is 24.2 Å². The third-order valence-electron chi connectivity index (χ3n) is 4.48. The van der Waals surface area contributed by atoms with Crippen LogP contribution < -0.4 is 10.1 Å². The van der Waals surface area contributed by atoms with Crippen molar-refractivity contribution in [2.75, 3.05) is 19.5 Å². The molecular weight excluding hydrogens is 374 g/mol. The number of aromatic nitrogens is 2. The summed E-state index contributed by atoms with van der Waals surface area (Å²) < 4.78 is 6.54. The van der Waals surface area contributed by atoms with Gasteiger partial charge >= 0.3 is 0 Å². The number of nitrogens with zero attached hydrogens (tertiary/aromatic N) is 6. The van der Waals surface area contributed by atoms with Crippen molar-refractivity contribution in [1.82, 2.24) is 14.8 Å². The Kier molecular flexibility index (Phi) is 4.67. The van der Waals surface area contributed by atoms with Crippen LogP contribution in [0.5, 0.6) is 5.75 Å². The van der Waals surface area contributed by atoms with E-state index in [1.807, 2.05) is 18.2 Å². The number of benzene rings is 1. The predicted molar refractivity (Wildman–Crippen MR) is 107 cm³/mol. The van der Waals surface area contributed by atoms with E-state index in [9.17, 15) is 9.59 Å². The lowest BCUT2D eigenvalue weighted by Crippen LogP contribution is -2.35. The highest BCUT2D eigenvalue weighted by molar-refractivity contribution is 6.24. The Hall–Kier alpha value is -3.82. The van der Waals surface area contributed by atoms with E-state index in [2.05, 4.69) is 25.5 Å². The minimum absolute atomic E-state index is 0.0865. The number of anilines is 1. The molecule has 10 heteroatoms. The Balaban J connectivity index is 1.57. The summed E-state index contributed by atoms with van der Waals surface area (Å²) in [5.41, 5.74) is 1.46. The average Bonchev–Trinajstić information content (AvgIpc) is 3.24. The van der Waals surface area contributed by atoms with Gasteiger partial charge in [-0.25, -0.2) is 0 Å². The number of hydrazone groups is 1. The van der Waals surface area contributed by atoms with Crippen LogP contribution in [0.4, 0.5) is 5.82 Å². The summed E-state index contributed by atoms with van der Waals surface area (Å²) in [7, 11) is 3.28. The van der Waals surface area contributed by atoms with Crippen LogP contribution in [0.15, 0.2) is 45.4 Å². The van der Waals surface area contributed by atoms with Gasteiger partial charge in [0.15, 0.2) is 0 Å². The Labute approximate surface area is 166 Å². The molecule has 0 spiro atoms. The monoisotopic (exact) mass is 393 g/mol. The maximum absolute atomic E-state index is 12.6. The van der Waals surface area contributed by atoms with Crippen LogP contribution >= 0.6 is 0 Å². The van der Waals surface area contributed by atoms with Gasteiger partial charge in [-0.05, 0) is 24.6 Å². The van der Waals surface area contributed by atoms with Crippen LogP contribution in [-0.4, -0.2) is 58.8 Å². The summed E-state index contributed by atoms with van der Waals surface area (Å²) in [5, 5.41) is 12.7. The van der Waals surface area contributed by atoms with Gasteiger partial charge in [0.1, 0.15) is 23.3 Å². The van der Waals surface area contributed by atoms with Crippen molar-refractivity contribution in [2.24, 2.45) is 21.0 Å². The molecule has 2 amide bonds. The molecule has 0 radical (unpaired) electrons. The molecule has 0 saturated carbocycles. The highest BCUT2D eigenvalue weighted by atomic mass is 16.5. The normalized spacial score (nSPS) is 17.7. The molecule has 0 bridgehead atoms. The van der Waals surface area contributed by atoms with Crippen molar-refractivity contribution in [3.05, 3.63) is 41.6 Å². The number of amides is 2. The molecule has 1 unspecified atom stereocenters. The van der Waals surface area contributed by atoms with Crippen molar-refractivity contribution in [3.63, 3.8) is 0 Å². The number of fused-ring (bicyclic) bond motifs is 1. The fourth-order valence-electron chi connectivity index (χ4n) is 3.10. The molecule has 0 fully saturated rings. The zero-order chi connectivity index (χ0) is 20.5. The molecule has 2 aromatic rings. The number of carbonyl (C=O) groups is 2. The fraction of sp³-hybridized carbons (Fsp3) is 0.263. The van der Waals surface area contributed by atoms with Crippen LogP contribution in [-0.2, 0) is 16.0 Å². The van der Waals surface area contributed by atoms with E-state index in [4.69, 9.17) is 4.74 Å². The second kappa shape index (κ2) is 7.30.